The van der Waals surface area contributed by atoms with Gasteiger partial charge in [-0.1, -0.05) is 71.4 Å². The smallest absolute Gasteiger partial charge is 0.409 e. The van der Waals surface area contributed by atoms with E-state index in [2.05, 4.69) is 36.0 Å². The molecule has 0 aromatic rings. The molecule has 5 atom stereocenters. The predicted molar refractivity (Wildman–Crippen MR) is 170 cm³/mol. The van der Waals surface area contributed by atoms with Gasteiger partial charge in [-0.25, -0.2) is 19.2 Å². The zero-order valence-electron chi connectivity index (χ0n) is 27.9. The van der Waals surface area contributed by atoms with Crippen molar-refractivity contribution >= 4 is 30.0 Å². The fourth-order valence-electron chi connectivity index (χ4n) is 4.37. The number of hydrogen-bond donors (Lipinski definition) is 5. The number of aliphatic hydroxyl groups is 2. The quantitative estimate of drug-likeness (QED) is 0.0487. The van der Waals surface area contributed by atoms with Crippen LogP contribution in [0.25, 0.3) is 0 Å². The lowest BCUT2D eigenvalue weighted by molar-refractivity contribution is -0.252. The van der Waals surface area contributed by atoms with Crippen molar-refractivity contribution < 1.29 is 57.9 Å². The molecule has 0 aliphatic carbocycles. The number of nitrogens with one attached hydrogen (secondary N) is 3. The average molecular weight is 672 g/mol. The summed E-state index contributed by atoms with van der Waals surface area (Å²) in [6.45, 7) is 11.0. The maximum atomic E-state index is 12.7. The molecule has 1 aliphatic rings. The van der Waals surface area contributed by atoms with Gasteiger partial charge in [-0.2, -0.15) is 0 Å². The first-order valence-corrected chi connectivity index (χ1v) is 16.2. The van der Waals surface area contributed by atoms with Crippen molar-refractivity contribution in [1.29, 1.82) is 0 Å². The number of rotatable bonds is 22. The minimum atomic E-state index is -1.66. The number of amides is 3. The Labute approximate surface area is 276 Å². The van der Waals surface area contributed by atoms with E-state index >= 15 is 0 Å². The molecule has 4 unspecified atom stereocenters. The Morgan fingerprint density at radius 1 is 0.723 bits per heavy atom. The summed E-state index contributed by atoms with van der Waals surface area (Å²) in [4.78, 5) is 60.3. The number of carbonyl (C=O) groups is 5. The molecule has 47 heavy (non-hydrogen) atoms. The largest absolute Gasteiger partial charge is 0.460 e. The molecule has 0 radical (unpaired) electrons. The first-order chi connectivity index (χ1) is 22.4. The Balaban J connectivity index is 2.71. The van der Waals surface area contributed by atoms with E-state index in [0.717, 1.165) is 25.7 Å². The zero-order valence-corrected chi connectivity index (χ0v) is 27.9. The highest BCUT2D eigenvalue weighted by atomic mass is 16.7. The Kier molecular flexibility index (Phi) is 20.8. The Bertz CT molecular complexity index is 1040. The van der Waals surface area contributed by atoms with Crippen LogP contribution in [0.2, 0.25) is 0 Å². The van der Waals surface area contributed by atoms with Gasteiger partial charge in [-0.15, -0.1) is 0 Å². The number of carbonyl (C=O) groups excluding carboxylic acids is 5. The van der Waals surface area contributed by atoms with Crippen LogP contribution in [0.3, 0.4) is 0 Å². The monoisotopic (exact) mass is 671 g/mol. The molecular formula is C32H53N3O12. The van der Waals surface area contributed by atoms with E-state index in [0.29, 0.717) is 6.42 Å². The summed E-state index contributed by atoms with van der Waals surface area (Å²) in [5.74, 6) is -1.69. The van der Waals surface area contributed by atoms with Gasteiger partial charge in [-0.3, -0.25) is 4.79 Å². The third-order valence-corrected chi connectivity index (χ3v) is 7.04. The van der Waals surface area contributed by atoms with Crippen LogP contribution in [0.4, 0.5) is 9.59 Å². The third-order valence-electron chi connectivity index (χ3n) is 7.04. The van der Waals surface area contributed by atoms with E-state index in [1.807, 2.05) is 0 Å². The Morgan fingerprint density at radius 3 is 1.77 bits per heavy atom. The van der Waals surface area contributed by atoms with Crippen LogP contribution in [0.5, 0.6) is 0 Å². The molecule has 15 nitrogen and oxygen atoms in total. The molecular weight excluding hydrogens is 618 g/mol. The van der Waals surface area contributed by atoms with E-state index in [9.17, 15) is 34.2 Å². The third kappa shape index (κ3) is 17.7. The SMILES string of the molecule is C=C(C)C(=O)OCCNC(=O)OCC1OC(OC(=O)NCCOC(=O)C(=C)C)C(NC(=O)CCCCCCCCCCC)C(O)[C@@H]1O. The van der Waals surface area contributed by atoms with Crippen LogP contribution in [-0.2, 0) is 38.1 Å². The van der Waals surface area contributed by atoms with Gasteiger partial charge in [0.1, 0.15) is 44.2 Å². The molecule has 5 N–H and O–H groups in total. The van der Waals surface area contributed by atoms with Crippen LogP contribution in [0.15, 0.2) is 24.3 Å². The fraction of sp³-hybridized carbons (Fsp3) is 0.719. The van der Waals surface area contributed by atoms with Crippen molar-refractivity contribution in [3.05, 3.63) is 24.3 Å². The number of alkyl carbamates (subject to hydrolysis) is 2. The van der Waals surface area contributed by atoms with Crippen molar-refractivity contribution in [2.75, 3.05) is 32.9 Å². The summed E-state index contributed by atoms with van der Waals surface area (Å²) in [5.41, 5.74) is 0.383. The zero-order chi connectivity index (χ0) is 35.2. The van der Waals surface area contributed by atoms with Gasteiger partial charge < -0.3 is 49.8 Å². The Morgan fingerprint density at radius 2 is 1.23 bits per heavy atom. The lowest BCUT2D eigenvalue weighted by Gasteiger charge is -2.42. The molecule has 1 aliphatic heterocycles. The standard InChI is InChI=1S/C32H53N3O12/c1-6-7-8-9-10-11-12-13-14-15-24(36)35-25-27(38)26(37)23(20-45-31(41)33-16-18-43-28(39)21(2)3)46-30(25)47-32(42)34-17-19-44-29(40)22(4)5/h23,25-27,30,37-38H,2,4,6-20H2,1,3,5H3,(H,33,41)(H,34,42)(H,35,36)/t23?,25?,26-,27?,30?/m1/s1. The Hall–Kier alpha value is -3.69. The van der Waals surface area contributed by atoms with Crippen molar-refractivity contribution in [3.63, 3.8) is 0 Å². The molecule has 15 heteroatoms. The van der Waals surface area contributed by atoms with Crippen LogP contribution < -0.4 is 16.0 Å². The number of aliphatic hydroxyl groups excluding tert-OH is 2. The minimum absolute atomic E-state index is 0.0742. The van der Waals surface area contributed by atoms with Crippen LogP contribution in [0.1, 0.15) is 85.0 Å². The molecule has 1 fully saturated rings. The van der Waals surface area contributed by atoms with Crippen molar-refractivity contribution in [3.8, 4) is 0 Å². The van der Waals surface area contributed by atoms with E-state index in [4.69, 9.17) is 23.7 Å². The van der Waals surface area contributed by atoms with Crippen LogP contribution in [0, 0.1) is 0 Å². The molecule has 3 amide bonds. The normalized spacial score (nSPS) is 20.3. The van der Waals surface area contributed by atoms with E-state index in [-0.39, 0.29) is 43.9 Å². The summed E-state index contributed by atoms with van der Waals surface area (Å²) in [5, 5.41) is 28.9. The van der Waals surface area contributed by atoms with E-state index in [1.54, 1.807) is 0 Å². The van der Waals surface area contributed by atoms with Gasteiger partial charge in [-0.05, 0) is 20.3 Å². The molecule has 0 saturated carbocycles. The van der Waals surface area contributed by atoms with Gasteiger partial charge in [0.05, 0.1) is 13.1 Å². The summed E-state index contributed by atoms with van der Waals surface area (Å²) >= 11 is 0. The molecule has 0 aromatic heterocycles. The highest BCUT2D eigenvalue weighted by Crippen LogP contribution is 2.23. The molecule has 1 rings (SSSR count). The molecule has 0 aromatic carbocycles. The second kappa shape index (κ2) is 23.6. The maximum Gasteiger partial charge on any atom is 0.409 e. The molecule has 0 spiro atoms. The van der Waals surface area contributed by atoms with E-state index in [1.165, 1.54) is 39.5 Å². The first-order valence-electron chi connectivity index (χ1n) is 16.2. The topological polar surface area (TPSA) is 208 Å². The van der Waals surface area contributed by atoms with E-state index < -0.39 is 67.3 Å². The average Bonchev–Trinajstić information content (AvgIpc) is 3.02. The number of unbranched alkanes of at least 4 members (excludes halogenated alkanes) is 8. The second-order valence-corrected chi connectivity index (χ2v) is 11.4. The van der Waals surface area contributed by atoms with Gasteiger partial charge in [0.2, 0.25) is 12.2 Å². The lowest BCUT2D eigenvalue weighted by atomic mass is 9.96. The lowest BCUT2D eigenvalue weighted by Crippen LogP contribution is -2.65. The predicted octanol–water partition coefficient (Wildman–Crippen LogP) is 2.53. The van der Waals surface area contributed by atoms with Crippen molar-refractivity contribution in [1.82, 2.24) is 16.0 Å². The van der Waals surface area contributed by atoms with Crippen LogP contribution in [-0.4, -0.2) is 104 Å². The highest BCUT2D eigenvalue weighted by Gasteiger charge is 2.47. The summed E-state index contributed by atoms with van der Waals surface area (Å²) in [7, 11) is 0. The molecule has 268 valence electrons. The minimum Gasteiger partial charge on any atom is -0.460 e. The summed E-state index contributed by atoms with van der Waals surface area (Å²) < 4.78 is 25.8. The number of ether oxygens (including phenoxy) is 5. The van der Waals surface area contributed by atoms with Crippen LogP contribution >= 0.6 is 0 Å². The number of esters is 2. The second-order valence-electron chi connectivity index (χ2n) is 11.4. The molecule has 0 bridgehead atoms. The highest BCUT2D eigenvalue weighted by molar-refractivity contribution is 5.87. The number of hydrogen-bond acceptors (Lipinski definition) is 12. The van der Waals surface area contributed by atoms with Crippen molar-refractivity contribution in [2.45, 2.75) is 116 Å². The van der Waals surface area contributed by atoms with Gasteiger partial charge in [0, 0.05) is 17.6 Å². The molecule has 1 saturated heterocycles. The summed E-state index contributed by atoms with van der Waals surface area (Å²) in [6.07, 6.45) is 1.53. The fourth-order valence-corrected chi connectivity index (χ4v) is 4.37. The van der Waals surface area contributed by atoms with Crippen molar-refractivity contribution in [2.24, 2.45) is 0 Å². The van der Waals surface area contributed by atoms with Gasteiger partial charge in [0.15, 0.2) is 0 Å². The maximum absolute atomic E-state index is 12.7. The van der Waals surface area contributed by atoms with Gasteiger partial charge >= 0.3 is 24.1 Å². The summed E-state index contributed by atoms with van der Waals surface area (Å²) in [6, 6.07) is -1.35. The first kappa shape index (κ1) is 41.3. The molecule has 1 heterocycles. The van der Waals surface area contributed by atoms with Gasteiger partial charge in [0.25, 0.3) is 0 Å².